The quantitative estimate of drug-likeness (QED) is 0.892. The monoisotopic (exact) mass is 330 g/mol. The SMILES string of the molecule is CC(NC(=O)C1(CN)CCOCC1)c1ccccc1C(F)(F)F. The van der Waals surface area contributed by atoms with E-state index in [0.717, 1.165) is 6.07 Å². The standard InChI is InChI=1S/C16H21F3N2O2/c1-11(12-4-2-3-5-13(12)16(17,18)19)21-14(22)15(10-20)6-8-23-9-7-15/h2-5,11H,6-10,20H2,1H3,(H,21,22). The fraction of sp³-hybridized carbons (Fsp3) is 0.562. The summed E-state index contributed by atoms with van der Waals surface area (Å²) in [5.74, 6) is -0.312. The Labute approximate surface area is 133 Å². The number of rotatable bonds is 4. The summed E-state index contributed by atoms with van der Waals surface area (Å²) in [7, 11) is 0. The van der Waals surface area contributed by atoms with Gasteiger partial charge in [0, 0.05) is 19.8 Å². The molecule has 1 aromatic carbocycles. The molecule has 1 atom stereocenters. The molecule has 3 N–H and O–H groups in total. The number of alkyl halides is 3. The van der Waals surface area contributed by atoms with Gasteiger partial charge in [0.2, 0.25) is 5.91 Å². The van der Waals surface area contributed by atoms with E-state index in [1.54, 1.807) is 6.92 Å². The first-order valence-corrected chi connectivity index (χ1v) is 7.55. The molecule has 0 radical (unpaired) electrons. The molecular formula is C16H21F3N2O2. The lowest BCUT2D eigenvalue weighted by molar-refractivity contribution is -0.140. The van der Waals surface area contributed by atoms with Gasteiger partial charge in [-0.1, -0.05) is 18.2 Å². The molecule has 128 valence electrons. The van der Waals surface area contributed by atoms with Crippen molar-refractivity contribution < 1.29 is 22.7 Å². The minimum Gasteiger partial charge on any atom is -0.381 e. The Morgan fingerprint density at radius 1 is 1.35 bits per heavy atom. The normalized spacial score (nSPS) is 19.2. The molecule has 1 saturated heterocycles. The maximum absolute atomic E-state index is 13.1. The Morgan fingerprint density at radius 2 is 1.96 bits per heavy atom. The molecule has 1 heterocycles. The van der Waals surface area contributed by atoms with Gasteiger partial charge in [0.05, 0.1) is 17.0 Å². The fourth-order valence-corrected chi connectivity index (χ4v) is 2.85. The van der Waals surface area contributed by atoms with Crippen molar-refractivity contribution >= 4 is 5.91 Å². The summed E-state index contributed by atoms with van der Waals surface area (Å²) in [5, 5.41) is 2.70. The molecule has 1 amide bonds. The second-order valence-electron chi connectivity index (χ2n) is 5.88. The minimum absolute atomic E-state index is 0.0487. The summed E-state index contributed by atoms with van der Waals surface area (Å²) in [4.78, 5) is 12.6. The number of ether oxygens (including phenoxy) is 1. The fourth-order valence-electron chi connectivity index (χ4n) is 2.85. The van der Waals surface area contributed by atoms with Gasteiger partial charge < -0.3 is 15.8 Å². The molecule has 4 nitrogen and oxygen atoms in total. The zero-order valence-corrected chi connectivity index (χ0v) is 13.0. The topological polar surface area (TPSA) is 64.4 Å². The van der Waals surface area contributed by atoms with Crippen LogP contribution >= 0.6 is 0 Å². The van der Waals surface area contributed by atoms with Crippen LogP contribution in [0.25, 0.3) is 0 Å². The lowest BCUT2D eigenvalue weighted by Gasteiger charge is -2.35. The van der Waals surface area contributed by atoms with Crippen molar-refractivity contribution in [2.75, 3.05) is 19.8 Å². The van der Waals surface area contributed by atoms with Crippen LogP contribution in [0, 0.1) is 5.41 Å². The van der Waals surface area contributed by atoms with E-state index in [9.17, 15) is 18.0 Å². The Kier molecular flexibility index (Phi) is 5.31. The first-order valence-electron chi connectivity index (χ1n) is 7.55. The number of amides is 1. The maximum atomic E-state index is 13.1. The van der Waals surface area contributed by atoms with Gasteiger partial charge in [0.1, 0.15) is 0 Å². The van der Waals surface area contributed by atoms with Gasteiger partial charge in [-0.2, -0.15) is 13.2 Å². The number of benzene rings is 1. The highest BCUT2D eigenvalue weighted by Crippen LogP contribution is 2.35. The predicted molar refractivity (Wildman–Crippen MR) is 79.5 cm³/mol. The summed E-state index contributed by atoms with van der Waals surface area (Å²) in [6, 6.07) is 4.51. The van der Waals surface area contributed by atoms with Crippen LogP contribution in [-0.2, 0) is 15.7 Å². The highest BCUT2D eigenvalue weighted by Gasteiger charge is 2.40. The number of carbonyl (C=O) groups is 1. The predicted octanol–water partition coefficient (Wildman–Crippen LogP) is 2.64. The second kappa shape index (κ2) is 6.88. The van der Waals surface area contributed by atoms with Crippen LogP contribution in [0.3, 0.4) is 0 Å². The minimum atomic E-state index is -4.46. The number of carbonyl (C=O) groups excluding carboxylic acids is 1. The highest BCUT2D eigenvalue weighted by molar-refractivity contribution is 5.83. The van der Waals surface area contributed by atoms with Gasteiger partial charge in [0.15, 0.2) is 0 Å². The van der Waals surface area contributed by atoms with Crippen molar-refractivity contribution in [1.82, 2.24) is 5.32 Å². The summed E-state index contributed by atoms with van der Waals surface area (Å²) in [5.41, 5.74) is 4.31. The van der Waals surface area contributed by atoms with E-state index in [1.165, 1.54) is 18.2 Å². The lowest BCUT2D eigenvalue weighted by atomic mass is 9.79. The zero-order chi connectivity index (χ0) is 17.1. The maximum Gasteiger partial charge on any atom is 0.416 e. The molecule has 1 aliphatic heterocycles. The van der Waals surface area contributed by atoms with Crippen molar-refractivity contribution in [3.63, 3.8) is 0 Å². The molecule has 0 spiro atoms. The molecule has 7 heteroatoms. The van der Waals surface area contributed by atoms with Crippen molar-refractivity contribution in [2.45, 2.75) is 32.0 Å². The Hall–Kier alpha value is -1.60. The average Bonchev–Trinajstić information content (AvgIpc) is 2.54. The van der Waals surface area contributed by atoms with E-state index >= 15 is 0 Å². The first-order chi connectivity index (χ1) is 10.8. The summed E-state index contributed by atoms with van der Waals surface area (Å²) in [6.45, 7) is 2.55. The van der Waals surface area contributed by atoms with Crippen molar-refractivity contribution in [3.05, 3.63) is 35.4 Å². The van der Waals surface area contributed by atoms with E-state index in [0.29, 0.717) is 26.1 Å². The van der Waals surface area contributed by atoms with Crippen molar-refractivity contribution in [3.8, 4) is 0 Å². The molecule has 1 fully saturated rings. The van der Waals surface area contributed by atoms with E-state index in [-0.39, 0.29) is 18.0 Å². The van der Waals surface area contributed by atoms with E-state index in [2.05, 4.69) is 5.32 Å². The zero-order valence-electron chi connectivity index (χ0n) is 13.0. The highest BCUT2D eigenvalue weighted by atomic mass is 19.4. The number of hydrogen-bond donors (Lipinski definition) is 2. The number of nitrogens with two attached hydrogens (primary N) is 1. The lowest BCUT2D eigenvalue weighted by Crippen LogP contribution is -2.49. The van der Waals surface area contributed by atoms with Crippen molar-refractivity contribution in [2.24, 2.45) is 11.1 Å². The molecule has 0 aliphatic carbocycles. The van der Waals surface area contributed by atoms with Crippen LogP contribution in [0.1, 0.15) is 36.9 Å². The number of nitrogens with one attached hydrogen (secondary N) is 1. The molecule has 1 aromatic rings. The van der Waals surface area contributed by atoms with Crippen LogP contribution in [-0.4, -0.2) is 25.7 Å². The first kappa shape index (κ1) is 17.7. The Balaban J connectivity index is 2.19. The van der Waals surface area contributed by atoms with Gasteiger partial charge in [-0.25, -0.2) is 0 Å². The van der Waals surface area contributed by atoms with Gasteiger partial charge in [-0.3, -0.25) is 4.79 Å². The molecule has 0 bridgehead atoms. The van der Waals surface area contributed by atoms with Crippen molar-refractivity contribution in [1.29, 1.82) is 0 Å². The smallest absolute Gasteiger partial charge is 0.381 e. The van der Waals surface area contributed by atoms with E-state index in [1.807, 2.05) is 0 Å². The number of hydrogen-bond acceptors (Lipinski definition) is 3. The van der Waals surface area contributed by atoms with Crippen LogP contribution in [0.15, 0.2) is 24.3 Å². The van der Waals surface area contributed by atoms with Crippen LogP contribution in [0.4, 0.5) is 13.2 Å². The average molecular weight is 330 g/mol. The van der Waals surface area contributed by atoms with Gasteiger partial charge in [0.25, 0.3) is 0 Å². The third-order valence-corrected chi connectivity index (χ3v) is 4.40. The van der Waals surface area contributed by atoms with Gasteiger partial charge in [-0.15, -0.1) is 0 Å². The molecule has 1 aliphatic rings. The number of halogens is 3. The third-order valence-electron chi connectivity index (χ3n) is 4.40. The van der Waals surface area contributed by atoms with Gasteiger partial charge >= 0.3 is 6.18 Å². The van der Waals surface area contributed by atoms with E-state index < -0.39 is 23.2 Å². The molecule has 0 saturated carbocycles. The van der Waals surface area contributed by atoms with Gasteiger partial charge in [-0.05, 0) is 31.4 Å². The molecule has 23 heavy (non-hydrogen) atoms. The summed E-state index contributed by atoms with van der Waals surface area (Å²) >= 11 is 0. The second-order valence-corrected chi connectivity index (χ2v) is 5.88. The van der Waals surface area contributed by atoms with Crippen LogP contribution in [0.2, 0.25) is 0 Å². The largest absolute Gasteiger partial charge is 0.416 e. The summed E-state index contributed by atoms with van der Waals surface area (Å²) in [6.07, 6.45) is -3.51. The Bertz CT molecular complexity index is 555. The molecule has 1 unspecified atom stereocenters. The van der Waals surface area contributed by atoms with Crippen LogP contribution < -0.4 is 11.1 Å². The molecular weight excluding hydrogens is 309 g/mol. The molecule has 0 aromatic heterocycles. The van der Waals surface area contributed by atoms with Crippen LogP contribution in [0.5, 0.6) is 0 Å². The molecule has 2 rings (SSSR count). The summed E-state index contributed by atoms with van der Waals surface area (Å²) < 4.78 is 44.5. The third kappa shape index (κ3) is 3.84. The van der Waals surface area contributed by atoms with E-state index in [4.69, 9.17) is 10.5 Å². The Morgan fingerprint density at radius 3 is 2.52 bits per heavy atom.